The molecule has 11 heteroatoms. The van der Waals surface area contributed by atoms with Gasteiger partial charge in [0.15, 0.2) is 0 Å². The largest absolute Gasteiger partial charge is 0.444 e. The number of rotatable bonds is 8. The highest BCUT2D eigenvalue weighted by atomic mass is 35.5. The summed E-state index contributed by atoms with van der Waals surface area (Å²) in [7, 11) is 1.73. The summed E-state index contributed by atoms with van der Waals surface area (Å²) in [5.41, 5.74) is 7.47. The van der Waals surface area contributed by atoms with Crippen molar-refractivity contribution in [2.75, 3.05) is 19.4 Å². The van der Waals surface area contributed by atoms with Gasteiger partial charge >= 0.3 is 6.09 Å². The molecule has 4 N–H and O–H groups in total. The lowest BCUT2D eigenvalue weighted by Gasteiger charge is -2.27. The molecule has 0 aliphatic heterocycles. The maximum Gasteiger partial charge on any atom is 0.407 e. The summed E-state index contributed by atoms with van der Waals surface area (Å²) in [6, 6.07) is 10.3. The number of benzene rings is 2. The van der Waals surface area contributed by atoms with Crippen LogP contribution in [0, 0.1) is 5.82 Å². The van der Waals surface area contributed by atoms with Crippen LogP contribution in [0.3, 0.4) is 0 Å². The second-order valence-electron chi connectivity index (χ2n) is 11.4. The maximum atomic E-state index is 15.4. The number of nitrogen functional groups attached to an aromatic ring is 1. The van der Waals surface area contributed by atoms with Crippen LogP contribution in [-0.2, 0) is 9.47 Å². The summed E-state index contributed by atoms with van der Waals surface area (Å²) in [5, 5.41) is 5.90. The van der Waals surface area contributed by atoms with Gasteiger partial charge < -0.3 is 25.8 Å². The Kier molecular flexibility index (Phi) is 10.0. The Labute approximate surface area is 250 Å². The summed E-state index contributed by atoms with van der Waals surface area (Å²) in [6.45, 7) is 5.24. The lowest BCUT2D eigenvalue weighted by molar-refractivity contribution is 0.0519. The van der Waals surface area contributed by atoms with Crippen LogP contribution in [0.4, 0.5) is 15.0 Å². The quantitative estimate of drug-likeness (QED) is 0.282. The van der Waals surface area contributed by atoms with E-state index in [4.69, 9.17) is 31.8 Å². The van der Waals surface area contributed by atoms with Gasteiger partial charge in [0, 0.05) is 30.2 Å². The molecule has 2 amide bonds. The van der Waals surface area contributed by atoms with E-state index in [0.717, 1.165) is 31.4 Å². The number of amides is 2. The van der Waals surface area contributed by atoms with Crippen LogP contribution < -0.4 is 16.4 Å². The molecule has 0 spiro atoms. The van der Waals surface area contributed by atoms with Crippen LogP contribution in [0.15, 0.2) is 48.7 Å². The number of nitrogens with one attached hydrogen (secondary N) is 2. The van der Waals surface area contributed by atoms with Crippen molar-refractivity contribution in [2.24, 2.45) is 0 Å². The van der Waals surface area contributed by atoms with Crippen molar-refractivity contribution in [3.63, 3.8) is 0 Å². The van der Waals surface area contributed by atoms with Gasteiger partial charge in [0.25, 0.3) is 5.91 Å². The monoisotopic (exact) mass is 597 g/mol. The molecule has 42 heavy (non-hydrogen) atoms. The molecule has 1 unspecified atom stereocenters. The van der Waals surface area contributed by atoms with Gasteiger partial charge in [0.1, 0.15) is 22.9 Å². The minimum atomic E-state index is -0.748. The summed E-state index contributed by atoms with van der Waals surface area (Å²) < 4.78 is 26.2. The molecule has 0 radical (unpaired) electrons. The van der Waals surface area contributed by atoms with E-state index < -0.39 is 29.5 Å². The van der Waals surface area contributed by atoms with Gasteiger partial charge in [-0.1, -0.05) is 29.8 Å². The third kappa shape index (κ3) is 8.17. The van der Waals surface area contributed by atoms with E-state index in [1.54, 1.807) is 64.4 Å². The highest BCUT2D eigenvalue weighted by molar-refractivity contribution is 6.30. The number of carbonyl (C=O) groups is 2. The smallest absolute Gasteiger partial charge is 0.407 e. The number of aromatic nitrogens is 2. The molecule has 1 heterocycles. The first-order chi connectivity index (χ1) is 19.9. The van der Waals surface area contributed by atoms with Crippen molar-refractivity contribution in [3.05, 3.63) is 76.3 Å². The normalized spacial score (nSPS) is 17.8. The lowest BCUT2D eigenvalue weighted by atomic mass is 9.85. The number of nitrogens with two attached hydrogens (primary N) is 1. The average Bonchev–Trinajstić information content (AvgIpc) is 2.94. The highest BCUT2D eigenvalue weighted by Crippen LogP contribution is 2.34. The van der Waals surface area contributed by atoms with Crippen LogP contribution in [0.1, 0.15) is 80.0 Å². The van der Waals surface area contributed by atoms with Gasteiger partial charge in [0.2, 0.25) is 0 Å². The van der Waals surface area contributed by atoms with Gasteiger partial charge in [-0.2, -0.15) is 0 Å². The fraction of sp³-hybridized carbons (Fsp3) is 0.419. The number of carbonyl (C=O) groups excluding carboxylic acids is 2. The maximum absolute atomic E-state index is 15.4. The van der Waals surface area contributed by atoms with E-state index >= 15 is 4.39 Å². The number of ether oxygens (including phenoxy) is 2. The Hall–Kier alpha value is -3.76. The van der Waals surface area contributed by atoms with Crippen molar-refractivity contribution >= 4 is 29.4 Å². The third-order valence-corrected chi connectivity index (χ3v) is 7.37. The predicted molar refractivity (Wildman–Crippen MR) is 160 cm³/mol. The van der Waals surface area contributed by atoms with Crippen LogP contribution >= 0.6 is 11.6 Å². The van der Waals surface area contributed by atoms with E-state index in [0.29, 0.717) is 21.8 Å². The van der Waals surface area contributed by atoms with E-state index in [1.165, 1.54) is 12.1 Å². The van der Waals surface area contributed by atoms with Gasteiger partial charge in [-0.25, -0.2) is 19.2 Å². The molecule has 0 saturated heterocycles. The Morgan fingerprint density at radius 1 is 1.14 bits per heavy atom. The molecular formula is C31H37ClFN5O4. The number of hydrogen-bond acceptors (Lipinski definition) is 7. The second-order valence-corrected chi connectivity index (χ2v) is 11.8. The molecule has 2 aromatic carbocycles. The molecule has 1 aliphatic carbocycles. The van der Waals surface area contributed by atoms with Crippen LogP contribution in [0.5, 0.6) is 0 Å². The Bertz CT molecular complexity index is 1420. The molecular weight excluding hydrogens is 561 g/mol. The third-order valence-electron chi connectivity index (χ3n) is 7.14. The van der Waals surface area contributed by atoms with Crippen molar-refractivity contribution < 1.29 is 23.5 Å². The molecule has 3 aromatic rings. The Morgan fingerprint density at radius 3 is 2.52 bits per heavy atom. The zero-order valence-electron chi connectivity index (χ0n) is 24.2. The first kappa shape index (κ1) is 31.2. The van der Waals surface area contributed by atoms with Crippen LogP contribution in [0.2, 0.25) is 5.02 Å². The molecule has 1 saturated carbocycles. The minimum absolute atomic E-state index is 0.00803. The first-order valence-corrected chi connectivity index (χ1v) is 14.3. The minimum Gasteiger partial charge on any atom is -0.444 e. The fourth-order valence-electron chi connectivity index (χ4n) is 4.97. The highest BCUT2D eigenvalue weighted by Gasteiger charge is 2.25. The molecule has 1 aliphatic rings. The summed E-state index contributed by atoms with van der Waals surface area (Å²) in [6.07, 6.45) is 4.99. The zero-order chi connectivity index (χ0) is 30.4. The number of halogens is 2. The molecule has 9 nitrogen and oxygen atoms in total. The SMILES string of the molecule is COC1CCC(c2cnc(N)c(-c3ccc(C(=O)NC(CNC(=O)OC(C)(C)C)c4cccc(Cl)c4)c(F)c3)n2)CC1. The van der Waals surface area contributed by atoms with Crippen molar-refractivity contribution in [3.8, 4) is 11.3 Å². The molecule has 0 bridgehead atoms. The van der Waals surface area contributed by atoms with Gasteiger partial charge in [-0.3, -0.25) is 4.79 Å². The molecule has 224 valence electrons. The number of alkyl carbamates (subject to hydrolysis) is 1. The van der Waals surface area contributed by atoms with E-state index in [2.05, 4.69) is 15.6 Å². The average molecular weight is 598 g/mol. The van der Waals surface area contributed by atoms with Crippen molar-refractivity contribution in [1.82, 2.24) is 20.6 Å². The standard InChI is InChI=1S/C31H37ClFN5O4/c1-31(2,3)42-30(40)36-17-26(19-6-5-7-21(32)14-19)38-29(39)23-13-10-20(15-24(23)33)27-28(34)35-16-25(37-27)18-8-11-22(41-4)12-9-18/h5-7,10,13-16,18,22,26H,8-9,11-12,17H2,1-4H3,(H2,34,35)(H,36,40)(H,38,39). The van der Waals surface area contributed by atoms with E-state index in [-0.39, 0.29) is 29.9 Å². The fourth-order valence-corrected chi connectivity index (χ4v) is 5.17. The van der Waals surface area contributed by atoms with Gasteiger partial charge in [0.05, 0.1) is 29.6 Å². The Balaban J connectivity index is 1.52. The summed E-state index contributed by atoms with van der Waals surface area (Å²) in [5.74, 6) is -1.02. The number of anilines is 1. The second kappa shape index (κ2) is 13.5. The lowest BCUT2D eigenvalue weighted by Crippen LogP contribution is -2.40. The molecule has 1 atom stereocenters. The number of nitrogens with zero attached hydrogens (tertiary/aromatic N) is 2. The van der Waals surface area contributed by atoms with Gasteiger partial charge in [-0.05, 0) is 76.3 Å². The predicted octanol–water partition coefficient (Wildman–Crippen LogP) is 6.19. The number of methoxy groups -OCH3 is 1. The summed E-state index contributed by atoms with van der Waals surface area (Å²) >= 11 is 6.17. The molecule has 1 fully saturated rings. The van der Waals surface area contributed by atoms with E-state index in [9.17, 15) is 9.59 Å². The van der Waals surface area contributed by atoms with Crippen LogP contribution in [-0.4, -0.2) is 47.3 Å². The zero-order valence-corrected chi connectivity index (χ0v) is 25.0. The topological polar surface area (TPSA) is 128 Å². The van der Waals surface area contributed by atoms with Gasteiger partial charge in [-0.15, -0.1) is 0 Å². The molecule has 1 aromatic heterocycles. The van der Waals surface area contributed by atoms with Crippen molar-refractivity contribution in [1.29, 1.82) is 0 Å². The molecule has 4 rings (SSSR count). The van der Waals surface area contributed by atoms with Crippen molar-refractivity contribution in [2.45, 2.75) is 70.1 Å². The first-order valence-electron chi connectivity index (χ1n) is 13.9. The van der Waals surface area contributed by atoms with E-state index in [1.807, 2.05) is 0 Å². The number of hydrogen-bond donors (Lipinski definition) is 3. The van der Waals surface area contributed by atoms with Crippen LogP contribution in [0.25, 0.3) is 11.3 Å². The Morgan fingerprint density at radius 2 is 1.88 bits per heavy atom. The summed E-state index contributed by atoms with van der Waals surface area (Å²) in [4.78, 5) is 34.6.